The van der Waals surface area contributed by atoms with Gasteiger partial charge >= 0.3 is 0 Å². The summed E-state index contributed by atoms with van der Waals surface area (Å²) in [4.78, 5) is 9.57. The first kappa shape index (κ1) is 25.1. The van der Waals surface area contributed by atoms with E-state index in [0.717, 1.165) is 15.6 Å². The van der Waals surface area contributed by atoms with Crippen LogP contribution in [0.2, 0.25) is 5.02 Å². The number of nitrogens with two attached hydrogens (primary N) is 1. The molecule has 1 fully saturated rings. The Labute approximate surface area is 217 Å². The summed E-state index contributed by atoms with van der Waals surface area (Å²) in [6, 6.07) is 13.4. The van der Waals surface area contributed by atoms with E-state index in [2.05, 4.69) is 14.7 Å². The molecule has 3 aromatic heterocycles. The van der Waals surface area contributed by atoms with Gasteiger partial charge in [0, 0.05) is 21.3 Å². The average molecular weight is 545 g/mol. The molecular formula is C25H25ClN4O4S2. The lowest BCUT2D eigenvalue weighted by atomic mass is 9.96. The Morgan fingerprint density at radius 1 is 1.25 bits per heavy atom. The van der Waals surface area contributed by atoms with Crippen LogP contribution < -0.4 is 10.5 Å². The Morgan fingerprint density at radius 3 is 2.75 bits per heavy atom. The zero-order valence-corrected chi connectivity index (χ0v) is 21.7. The zero-order chi connectivity index (χ0) is 25.7. The summed E-state index contributed by atoms with van der Waals surface area (Å²) in [5, 5.41) is 20.9. The third kappa shape index (κ3) is 4.84. The number of aliphatic hydroxyl groups excluding tert-OH is 1. The smallest absolute Gasteiger partial charge is 0.215 e. The maximum Gasteiger partial charge on any atom is 0.215 e. The Balaban J connectivity index is 1.64. The number of hydrogen-bond acceptors (Lipinski definition) is 8. The van der Waals surface area contributed by atoms with E-state index in [1.807, 2.05) is 24.3 Å². The highest BCUT2D eigenvalue weighted by Crippen LogP contribution is 2.41. The van der Waals surface area contributed by atoms with E-state index >= 15 is 0 Å². The summed E-state index contributed by atoms with van der Waals surface area (Å²) in [7, 11) is -3.58. The maximum absolute atomic E-state index is 12.9. The molecule has 3 heterocycles. The zero-order valence-electron chi connectivity index (χ0n) is 19.3. The van der Waals surface area contributed by atoms with Crippen LogP contribution in [-0.4, -0.2) is 40.5 Å². The number of aliphatic hydroxyl groups is 2. The van der Waals surface area contributed by atoms with E-state index in [1.165, 1.54) is 18.3 Å². The van der Waals surface area contributed by atoms with Crippen LogP contribution in [0.15, 0.2) is 54.7 Å². The van der Waals surface area contributed by atoms with Crippen molar-refractivity contribution in [1.29, 1.82) is 0 Å². The molecule has 5 rings (SSSR count). The monoisotopic (exact) mass is 544 g/mol. The predicted molar refractivity (Wildman–Crippen MR) is 142 cm³/mol. The summed E-state index contributed by atoms with van der Waals surface area (Å²) in [6.07, 6.45) is 2.83. The number of benzene rings is 1. The molecule has 1 aromatic carbocycles. The molecule has 0 saturated heterocycles. The minimum Gasteiger partial charge on any atom is -0.393 e. The highest BCUT2D eigenvalue weighted by Gasteiger charge is 2.38. The molecule has 11 heteroatoms. The summed E-state index contributed by atoms with van der Waals surface area (Å²) in [5.74, 6) is 0.240. The van der Waals surface area contributed by atoms with Crippen LogP contribution in [0.3, 0.4) is 0 Å². The van der Waals surface area contributed by atoms with Gasteiger partial charge in [-0.1, -0.05) is 29.8 Å². The van der Waals surface area contributed by atoms with E-state index in [4.69, 9.17) is 17.3 Å². The lowest BCUT2D eigenvalue weighted by Crippen LogP contribution is -2.32. The van der Waals surface area contributed by atoms with E-state index < -0.39 is 33.5 Å². The van der Waals surface area contributed by atoms with Crippen molar-refractivity contribution in [3.63, 3.8) is 0 Å². The predicted octanol–water partition coefficient (Wildman–Crippen LogP) is 3.96. The fourth-order valence-corrected chi connectivity index (χ4v) is 7.04. The number of thiophene rings is 1. The number of rotatable bonds is 8. The van der Waals surface area contributed by atoms with Gasteiger partial charge in [0.25, 0.3) is 0 Å². The van der Waals surface area contributed by atoms with Crippen LogP contribution in [-0.2, 0) is 15.6 Å². The number of aromatic nitrogens is 2. The molecule has 0 bridgehead atoms. The average Bonchev–Trinajstić information content (AvgIpc) is 3.64. The number of nitrogen functional groups attached to an aromatic ring is 1. The van der Waals surface area contributed by atoms with Crippen LogP contribution >= 0.6 is 22.9 Å². The highest BCUT2D eigenvalue weighted by atomic mass is 35.5. The van der Waals surface area contributed by atoms with E-state index in [-0.39, 0.29) is 5.82 Å². The fourth-order valence-electron chi connectivity index (χ4n) is 3.99. The van der Waals surface area contributed by atoms with Gasteiger partial charge in [-0.3, -0.25) is 4.98 Å². The second-order valence-electron chi connectivity index (χ2n) is 9.13. The molecule has 0 amide bonds. The molecule has 0 aliphatic heterocycles. The van der Waals surface area contributed by atoms with Gasteiger partial charge < -0.3 is 15.9 Å². The quantitative estimate of drug-likeness (QED) is 0.263. The Hall–Kier alpha value is -2.60. The number of hydrogen-bond donors (Lipinski definition) is 4. The molecule has 5 N–H and O–H groups in total. The number of nitrogens with zero attached hydrogens (tertiary/aromatic N) is 2. The van der Waals surface area contributed by atoms with Gasteiger partial charge in [0.1, 0.15) is 11.4 Å². The van der Waals surface area contributed by atoms with Crippen molar-refractivity contribution >= 4 is 48.9 Å². The van der Waals surface area contributed by atoms with Gasteiger partial charge in [-0.25, -0.2) is 18.1 Å². The van der Waals surface area contributed by atoms with Crippen molar-refractivity contribution in [3.05, 3.63) is 75.9 Å². The molecule has 2 atom stereocenters. The fraction of sp³-hybridized carbons (Fsp3) is 0.280. The van der Waals surface area contributed by atoms with Gasteiger partial charge in [-0.2, -0.15) is 0 Å². The van der Waals surface area contributed by atoms with Crippen molar-refractivity contribution < 1.29 is 18.6 Å². The van der Waals surface area contributed by atoms with Crippen molar-refractivity contribution in [2.75, 3.05) is 12.3 Å². The highest BCUT2D eigenvalue weighted by molar-refractivity contribution is 7.90. The summed E-state index contributed by atoms with van der Waals surface area (Å²) in [5.41, 5.74) is 6.83. The van der Waals surface area contributed by atoms with E-state index in [9.17, 15) is 18.6 Å². The summed E-state index contributed by atoms with van der Waals surface area (Å²) >= 11 is 7.87. The third-order valence-electron chi connectivity index (χ3n) is 6.23. The number of sulfonamides is 1. The molecule has 1 aliphatic rings. The van der Waals surface area contributed by atoms with Gasteiger partial charge in [-0.05, 0) is 61.0 Å². The maximum atomic E-state index is 12.9. The van der Waals surface area contributed by atoms with Gasteiger partial charge in [0.05, 0.1) is 34.3 Å². The summed E-state index contributed by atoms with van der Waals surface area (Å²) in [6.45, 7) is 1.11. The van der Waals surface area contributed by atoms with Crippen LogP contribution in [0.4, 0.5) is 5.82 Å². The molecule has 2 unspecified atom stereocenters. The topological polar surface area (TPSA) is 138 Å². The molecule has 8 nitrogen and oxygen atoms in total. The van der Waals surface area contributed by atoms with Gasteiger partial charge in [-0.15, -0.1) is 11.3 Å². The standard InChI is InChI=1S/C25H25ClN4O4S2/c1-25(32,13-31)15-9-10-28-19(12-15)17-4-2-3-14-11-20(35-24(14)17)23(30-36(33,34)16-5-6-16)22-18(26)7-8-21(27)29-22/h2-4,7-12,16,23,30-32H,5-6,13H2,1H3,(H2,27,29). The second kappa shape index (κ2) is 9.37. The van der Waals surface area contributed by atoms with Gasteiger partial charge in [0.2, 0.25) is 10.0 Å². The second-order valence-corrected chi connectivity index (χ2v) is 12.6. The lowest BCUT2D eigenvalue weighted by molar-refractivity contribution is -0.00230. The number of nitrogens with one attached hydrogen (secondary N) is 1. The Morgan fingerprint density at radius 2 is 2.03 bits per heavy atom. The molecule has 1 saturated carbocycles. The number of halogens is 1. The molecular weight excluding hydrogens is 520 g/mol. The van der Waals surface area contributed by atoms with Crippen LogP contribution in [0, 0.1) is 0 Å². The Bertz CT molecular complexity index is 1550. The van der Waals surface area contributed by atoms with E-state index in [0.29, 0.717) is 39.7 Å². The van der Waals surface area contributed by atoms with Crippen molar-refractivity contribution in [1.82, 2.24) is 14.7 Å². The first-order chi connectivity index (χ1) is 17.1. The van der Waals surface area contributed by atoms with Gasteiger partial charge in [0.15, 0.2) is 0 Å². The minimum absolute atomic E-state index is 0.240. The number of anilines is 1. The summed E-state index contributed by atoms with van der Waals surface area (Å²) < 4.78 is 29.6. The van der Waals surface area contributed by atoms with Crippen molar-refractivity contribution in [2.24, 2.45) is 0 Å². The first-order valence-corrected chi connectivity index (χ1v) is 14.1. The molecule has 1 aliphatic carbocycles. The van der Waals surface area contributed by atoms with E-state index in [1.54, 1.807) is 30.5 Å². The van der Waals surface area contributed by atoms with Crippen molar-refractivity contribution in [3.8, 4) is 11.3 Å². The molecule has 188 valence electrons. The first-order valence-electron chi connectivity index (χ1n) is 11.3. The van der Waals surface area contributed by atoms with Crippen LogP contribution in [0.5, 0.6) is 0 Å². The SMILES string of the molecule is CC(O)(CO)c1ccnc(-c2cccc3cc(C(NS(=O)(=O)C4CC4)c4nc(N)ccc4Cl)sc23)c1. The Kier molecular flexibility index (Phi) is 6.52. The lowest BCUT2D eigenvalue weighted by Gasteiger charge is -2.21. The third-order valence-corrected chi connectivity index (χ3v) is 9.71. The molecule has 4 aromatic rings. The van der Waals surface area contributed by atoms with Crippen LogP contribution in [0.25, 0.3) is 21.3 Å². The van der Waals surface area contributed by atoms with Crippen LogP contribution in [0.1, 0.15) is 41.9 Å². The molecule has 36 heavy (non-hydrogen) atoms. The normalized spacial score (nSPS) is 16.7. The molecule has 0 spiro atoms. The van der Waals surface area contributed by atoms with Crippen molar-refractivity contribution in [2.45, 2.75) is 36.7 Å². The molecule has 0 radical (unpaired) electrons. The number of fused-ring (bicyclic) bond motifs is 1. The number of pyridine rings is 2. The minimum atomic E-state index is -3.58. The largest absolute Gasteiger partial charge is 0.393 e.